The Morgan fingerprint density at radius 1 is 1.14 bits per heavy atom. The average Bonchev–Trinajstić information content (AvgIpc) is 2.62. The van der Waals surface area contributed by atoms with Crippen LogP contribution in [-0.4, -0.2) is 14.2 Å². The van der Waals surface area contributed by atoms with E-state index in [4.69, 9.17) is 21.1 Å². The lowest BCUT2D eigenvalue weighted by Crippen LogP contribution is -1.84. The molecule has 14 heavy (non-hydrogen) atoms. The predicted molar refractivity (Wildman–Crippen MR) is 59.9 cm³/mol. The van der Waals surface area contributed by atoms with Gasteiger partial charge < -0.3 is 9.47 Å². The quantitative estimate of drug-likeness (QED) is 0.783. The summed E-state index contributed by atoms with van der Waals surface area (Å²) in [4.78, 5) is 0. The van der Waals surface area contributed by atoms with E-state index in [1.807, 2.05) is 17.5 Å². The van der Waals surface area contributed by atoms with Crippen LogP contribution in [0.15, 0.2) is 17.5 Å². The number of rotatable bonds is 2. The number of hydrogen-bond donors (Lipinski definition) is 0. The van der Waals surface area contributed by atoms with Crippen LogP contribution >= 0.6 is 22.9 Å². The Morgan fingerprint density at radius 2 is 1.86 bits per heavy atom. The lowest BCUT2D eigenvalue weighted by atomic mass is 10.2. The van der Waals surface area contributed by atoms with Gasteiger partial charge in [-0.1, -0.05) is 11.6 Å². The Labute approximate surface area is 91.0 Å². The van der Waals surface area contributed by atoms with Gasteiger partial charge in [-0.25, -0.2) is 0 Å². The molecule has 0 bridgehead atoms. The fourth-order valence-electron chi connectivity index (χ4n) is 1.34. The third kappa shape index (κ3) is 1.33. The monoisotopic (exact) mass is 228 g/mol. The van der Waals surface area contributed by atoms with Crippen molar-refractivity contribution in [1.29, 1.82) is 0 Å². The van der Waals surface area contributed by atoms with Gasteiger partial charge in [-0.2, -0.15) is 0 Å². The van der Waals surface area contributed by atoms with Crippen molar-refractivity contribution in [2.24, 2.45) is 0 Å². The molecule has 4 heteroatoms. The zero-order chi connectivity index (χ0) is 10.1. The highest BCUT2D eigenvalue weighted by atomic mass is 35.5. The summed E-state index contributed by atoms with van der Waals surface area (Å²) in [6.45, 7) is 0. The van der Waals surface area contributed by atoms with Crippen molar-refractivity contribution < 1.29 is 9.47 Å². The van der Waals surface area contributed by atoms with Crippen LogP contribution in [0.2, 0.25) is 5.02 Å². The van der Waals surface area contributed by atoms with Gasteiger partial charge in [0.1, 0.15) is 16.5 Å². The van der Waals surface area contributed by atoms with Crippen molar-refractivity contribution in [1.82, 2.24) is 0 Å². The topological polar surface area (TPSA) is 18.5 Å². The molecule has 2 aromatic rings. The summed E-state index contributed by atoms with van der Waals surface area (Å²) in [5, 5.41) is 3.62. The van der Waals surface area contributed by atoms with Gasteiger partial charge >= 0.3 is 0 Å². The summed E-state index contributed by atoms with van der Waals surface area (Å²) in [6, 6.07) is 3.80. The number of ether oxygens (including phenoxy) is 2. The van der Waals surface area contributed by atoms with Crippen LogP contribution in [0.4, 0.5) is 0 Å². The second-order valence-corrected chi connectivity index (χ2v) is 4.02. The van der Waals surface area contributed by atoms with Crippen molar-refractivity contribution in [2.75, 3.05) is 14.2 Å². The summed E-state index contributed by atoms with van der Waals surface area (Å²) in [5.41, 5.74) is 0. The minimum atomic E-state index is 0.651. The van der Waals surface area contributed by atoms with Gasteiger partial charge in [-0.3, -0.25) is 0 Å². The van der Waals surface area contributed by atoms with E-state index in [1.165, 1.54) is 0 Å². The fraction of sp³-hybridized carbons (Fsp3) is 0.200. The van der Waals surface area contributed by atoms with E-state index in [0.29, 0.717) is 10.8 Å². The molecule has 2 nitrogen and oxygen atoms in total. The number of methoxy groups -OCH3 is 2. The number of halogens is 1. The van der Waals surface area contributed by atoms with Crippen LogP contribution in [0, 0.1) is 0 Å². The molecule has 0 radical (unpaired) electrons. The molecular weight excluding hydrogens is 220 g/mol. The highest BCUT2D eigenvalue weighted by Crippen LogP contribution is 2.40. The van der Waals surface area contributed by atoms with Gasteiger partial charge in [0.05, 0.1) is 18.9 Å². The second-order valence-electron chi connectivity index (χ2n) is 2.76. The molecule has 74 valence electrons. The Balaban J connectivity index is 2.72. The fourth-order valence-corrected chi connectivity index (χ4v) is 2.66. The first-order chi connectivity index (χ1) is 6.77. The molecule has 1 heterocycles. The third-order valence-electron chi connectivity index (χ3n) is 2.05. The average molecular weight is 229 g/mol. The van der Waals surface area contributed by atoms with Crippen molar-refractivity contribution in [3.63, 3.8) is 0 Å². The lowest BCUT2D eigenvalue weighted by Gasteiger charge is -2.03. The molecule has 0 fully saturated rings. The molecule has 0 N–H and O–H groups in total. The molecule has 0 aliphatic heterocycles. The van der Waals surface area contributed by atoms with Gasteiger partial charge in [0.25, 0.3) is 0 Å². The molecule has 0 unspecified atom stereocenters. The van der Waals surface area contributed by atoms with Gasteiger partial charge in [-0.15, -0.1) is 11.3 Å². The standard InChI is InChI=1S/C10H9ClO2S/c1-12-7-4-3-6-8(13-2)5-14-10(6)9(7)11/h3-5H,1-2H3. The van der Waals surface area contributed by atoms with Crippen LogP contribution in [0.25, 0.3) is 10.1 Å². The summed E-state index contributed by atoms with van der Waals surface area (Å²) in [6.07, 6.45) is 0. The van der Waals surface area contributed by atoms with Gasteiger partial charge in [-0.05, 0) is 12.1 Å². The number of thiophene rings is 1. The highest BCUT2D eigenvalue weighted by molar-refractivity contribution is 7.18. The van der Waals surface area contributed by atoms with Crippen LogP contribution < -0.4 is 9.47 Å². The van der Waals surface area contributed by atoms with E-state index >= 15 is 0 Å². The third-order valence-corrected chi connectivity index (χ3v) is 3.53. The molecule has 0 aliphatic carbocycles. The molecule has 0 amide bonds. The smallest absolute Gasteiger partial charge is 0.138 e. The van der Waals surface area contributed by atoms with Crippen LogP contribution in [0.1, 0.15) is 0 Å². The molecule has 0 spiro atoms. The van der Waals surface area contributed by atoms with Crippen molar-refractivity contribution in [2.45, 2.75) is 0 Å². The van der Waals surface area contributed by atoms with Gasteiger partial charge in [0, 0.05) is 10.8 Å². The first-order valence-corrected chi connectivity index (χ1v) is 5.31. The zero-order valence-electron chi connectivity index (χ0n) is 7.83. The Hall–Kier alpha value is -0.930. The van der Waals surface area contributed by atoms with Gasteiger partial charge in [0.2, 0.25) is 0 Å². The van der Waals surface area contributed by atoms with Crippen molar-refractivity contribution >= 4 is 33.0 Å². The van der Waals surface area contributed by atoms with E-state index in [2.05, 4.69) is 0 Å². The minimum Gasteiger partial charge on any atom is -0.495 e. The highest BCUT2D eigenvalue weighted by Gasteiger charge is 2.10. The number of benzene rings is 1. The lowest BCUT2D eigenvalue weighted by molar-refractivity contribution is 0.415. The molecule has 0 saturated heterocycles. The minimum absolute atomic E-state index is 0.651. The molecule has 1 aromatic heterocycles. The first kappa shape index (κ1) is 9.62. The Morgan fingerprint density at radius 3 is 2.50 bits per heavy atom. The van der Waals surface area contributed by atoms with Crippen molar-refractivity contribution in [3.05, 3.63) is 22.5 Å². The van der Waals surface area contributed by atoms with E-state index in [0.717, 1.165) is 15.8 Å². The maximum atomic E-state index is 6.14. The first-order valence-electron chi connectivity index (χ1n) is 4.05. The van der Waals surface area contributed by atoms with Crippen LogP contribution in [-0.2, 0) is 0 Å². The molecule has 1 aromatic carbocycles. The second kappa shape index (κ2) is 3.67. The summed E-state index contributed by atoms with van der Waals surface area (Å²) in [7, 11) is 3.26. The summed E-state index contributed by atoms with van der Waals surface area (Å²) >= 11 is 7.70. The van der Waals surface area contributed by atoms with Gasteiger partial charge in [0.15, 0.2) is 0 Å². The van der Waals surface area contributed by atoms with E-state index in [-0.39, 0.29) is 0 Å². The maximum absolute atomic E-state index is 6.14. The van der Waals surface area contributed by atoms with Crippen LogP contribution in [0.3, 0.4) is 0 Å². The van der Waals surface area contributed by atoms with E-state index in [9.17, 15) is 0 Å². The summed E-state index contributed by atoms with van der Waals surface area (Å²) in [5.74, 6) is 1.55. The summed E-state index contributed by atoms with van der Waals surface area (Å²) < 4.78 is 11.3. The molecular formula is C10H9ClO2S. The SMILES string of the molecule is COc1ccc2c(OC)csc2c1Cl. The molecule has 0 saturated carbocycles. The Bertz CT molecular complexity index is 464. The Kier molecular flexibility index (Phi) is 2.52. The number of hydrogen-bond acceptors (Lipinski definition) is 3. The molecule has 2 rings (SSSR count). The molecule has 0 atom stereocenters. The van der Waals surface area contributed by atoms with Crippen LogP contribution in [0.5, 0.6) is 11.5 Å². The predicted octanol–water partition coefficient (Wildman–Crippen LogP) is 3.57. The van der Waals surface area contributed by atoms with Crippen molar-refractivity contribution in [3.8, 4) is 11.5 Å². The van der Waals surface area contributed by atoms with E-state index < -0.39 is 0 Å². The maximum Gasteiger partial charge on any atom is 0.138 e. The van der Waals surface area contributed by atoms with E-state index in [1.54, 1.807) is 25.6 Å². The normalized spacial score (nSPS) is 10.5. The number of fused-ring (bicyclic) bond motifs is 1. The zero-order valence-corrected chi connectivity index (χ0v) is 9.41. The largest absolute Gasteiger partial charge is 0.495 e. The molecule has 0 aliphatic rings.